The molecule has 38 heavy (non-hydrogen) atoms. The van der Waals surface area contributed by atoms with Crippen molar-refractivity contribution in [1.29, 1.82) is 0 Å². The first-order valence-corrected chi connectivity index (χ1v) is 12.9. The molecule has 5 aromatic rings. The maximum atomic E-state index is 5.58. The topological polar surface area (TPSA) is 68.2 Å². The van der Waals surface area contributed by atoms with Gasteiger partial charge >= 0.3 is 0 Å². The van der Waals surface area contributed by atoms with Crippen LogP contribution in [0.15, 0.2) is 85.3 Å². The minimum atomic E-state index is 0.701. The van der Waals surface area contributed by atoms with Crippen molar-refractivity contribution >= 4 is 16.6 Å². The van der Waals surface area contributed by atoms with Gasteiger partial charge < -0.3 is 14.5 Å². The molecule has 0 saturated carbocycles. The van der Waals surface area contributed by atoms with E-state index in [9.17, 15) is 0 Å². The van der Waals surface area contributed by atoms with Gasteiger partial charge in [0.2, 0.25) is 0 Å². The van der Waals surface area contributed by atoms with Crippen molar-refractivity contribution in [3.8, 4) is 22.8 Å². The fraction of sp³-hybridized carbons (Fsp3) is 0.226. The van der Waals surface area contributed by atoms with Crippen LogP contribution in [0.5, 0.6) is 11.5 Å². The molecule has 6 rings (SSSR count). The van der Waals surface area contributed by atoms with Crippen molar-refractivity contribution in [2.75, 3.05) is 27.3 Å². The first-order chi connectivity index (χ1) is 18.7. The molecule has 192 valence electrons. The summed E-state index contributed by atoms with van der Waals surface area (Å²) in [6.45, 7) is 3.41. The summed E-state index contributed by atoms with van der Waals surface area (Å²) in [5.74, 6) is 1.41. The highest BCUT2D eigenvalue weighted by Crippen LogP contribution is 2.34. The molecule has 4 heterocycles. The minimum absolute atomic E-state index is 0.701. The normalized spacial score (nSPS) is 14.0. The van der Waals surface area contributed by atoms with Crippen molar-refractivity contribution in [2.24, 2.45) is 0 Å². The number of aromatic amines is 1. The summed E-state index contributed by atoms with van der Waals surface area (Å²) in [6.07, 6.45) is 9.44. The second-order valence-corrected chi connectivity index (χ2v) is 9.57. The van der Waals surface area contributed by atoms with E-state index in [1.54, 1.807) is 14.2 Å². The molecule has 0 amide bonds. The number of methoxy groups -OCH3 is 2. The molecule has 0 spiro atoms. The van der Waals surface area contributed by atoms with Crippen LogP contribution in [0.3, 0.4) is 0 Å². The molecule has 0 unspecified atom stereocenters. The van der Waals surface area contributed by atoms with Crippen LogP contribution in [0, 0.1) is 0 Å². The van der Waals surface area contributed by atoms with E-state index in [0.717, 1.165) is 49.5 Å². The number of fused-ring (bicyclic) bond motifs is 1. The largest absolute Gasteiger partial charge is 0.493 e. The van der Waals surface area contributed by atoms with Crippen molar-refractivity contribution in [3.63, 3.8) is 0 Å². The molecule has 1 N–H and O–H groups in total. The molecule has 3 aromatic heterocycles. The number of nitrogens with one attached hydrogen (secondary N) is 1. The van der Waals surface area contributed by atoms with Crippen molar-refractivity contribution < 1.29 is 9.47 Å². The van der Waals surface area contributed by atoms with Gasteiger partial charge in [0.05, 0.1) is 26.5 Å². The lowest BCUT2D eigenvalue weighted by Crippen LogP contribution is -2.28. The van der Waals surface area contributed by atoms with Crippen LogP contribution in [-0.4, -0.2) is 52.0 Å². The number of pyridine rings is 1. The van der Waals surface area contributed by atoms with Gasteiger partial charge in [-0.05, 0) is 47.9 Å². The van der Waals surface area contributed by atoms with Gasteiger partial charge in [0.25, 0.3) is 0 Å². The van der Waals surface area contributed by atoms with Crippen molar-refractivity contribution in [2.45, 2.75) is 19.5 Å². The number of ether oxygens (including phenoxy) is 2. The zero-order valence-electron chi connectivity index (χ0n) is 21.7. The highest BCUT2D eigenvalue weighted by molar-refractivity contribution is 5.90. The lowest BCUT2D eigenvalue weighted by Gasteiger charge is -2.26. The summed E-state index contributed by atoms with van der Waals surface area (Å²) < 4.78 is 13.1. The van der Waals surface area contributed by atoms with E-state index in [4.69, 9.17) is 14.6 Å². The minimum Gasteiger partial charge on any atom is -0.493 e. The lowest BCUT2D eigenvalue weighted by atomic mass is 9.99. The van der Waals surface area contributed by atoms with E-state index in [0.29, 0.717) is 11.5 Å². The quantitative estimate of drug-likeness (QED) is 0.290. The summed E-state index contributed by atoms with van der Waals surface area (Å²) in [5.41, 5.74) is 7.98. The van der Waals surface area contributed by atoms with Gasteiger partial charge in [-0.1, -0.05) is 36.4 Å². The SMILES string of the molecule is COc1ccc(-c2nn(Cc3ccccc3)cc2CN2CC=C(c3c[nH]c4ncccc34)CC2)cc1OC. The van der Waals surface area contributed by atoms with Crippen LogP contribution < -0.4 is 9.47 Å². The second-order valence-electron chi connectivity index (χ2n) is 9.57. The van der Waals surface area contributed by atoms with Crippen LogP contribution in [0.1, 0.15) is 23.1 Å². The smallest absolute Gasteiger partial charge is 0.161 e. The molecule has 7 nitrogen and oxygen atoms in total. The number of H-pyrrole nitrogens is 1. The Labute approximate surface area is 222 Å². The van der Waals surface area contributed by atoms with Crippen LogP contribution in [0.25, 0.3) is 27.9 Å². The number of benzene rings is 2. The predicted molar refractivity (Wildman–Crippen MR) is 150 cm³/mol. The van der Waals surface area contributed by atoms with Crippen LogP contribution in [0.4, 0.5) is 0 Å². The highest BCUT2D eigenvalue weighted by Gasteiger charge is 2.20. The molecule has 1 aliphatic heterocycles. The molecule has 0 aliphatic carbocycles. The van der Waals surface area contributed by atoms with Gasteiger partial charge in [0.15, 0.2) is 11.5 Å². The highest BCUT2D eigenvalue weighted by atomic mass is 16.5. The fourth-order valence-electron chi connectivity index (χ4n) is 5.22. The fourth-order valence-corrected chi connectivity index (χ4v) is 5.22. The number of hydrogen-bond donors (Lipinski definition) is 1. The Hall–Kier alpha value is -4.36. The Balaban J connectivity index is 1.28. The first-order valence-electron chi connectivity index (χ1n) is 12.9. The van der Waals surface area contributed by atoms with Gasteiger partial charge in [-0.25, -0.2) is 4.98 Å². The summed E-state index contributed by atoms with van der Waals surface area (Å²) >= 11 is 0. The number of rotatable bonds is 8. The van der Waals surface area contributed by atoms with Gasteiger partial charge in [0.1, 0.15) is 5.65 Å². The average Bonchev–Trinajstić information content (AvgIpc) is 3.58. The molecule has 1 aliphatic rings. The predicted octanol–water partition coefficient (Wildman–Crippen LogP) is 5.78. The van der Waals surface area contributed by atoms with E-state index in [1.165, 1.54) is 27.6 Å². The third-order valence-electron chi connectivity index (χ3n) is 7.17. The number of hydrogen-bond acceptors (Lipinski definition) is 5. The van der Waals surface area contributed by atoms with E-state index >= 15 is 0 Å². The van der Waals surface area contributed by atoms with E-state index in [2.05, 4.69) is 69.7 Å². The van der Waals surface area contributed by atoms with Gasteiger partial charge in [-0.3, -0.25) is 9.58 Å². The maximum Gasteiger partial charge on any atom is 0.161 e. The molecule has 7 heteroatoms. The zero-order valence-corrected chi connectivity index (χ0v) is 21.7. The summed E-state index contributed by atoms with van der Waals surface area (Å²) in [4.78, 5) is 10.2. The third-order valence-corrected chi connectivity index (χ3v) is 7.17. The zero-order chi connectivity index (χ0) is 25.9. The second kappa shape index (κ2) is 10.6. The van der Waals surface area contributed by atoms with E-state index in [-0.39, 0.29) is 0 Å². The Morgan fingerprint density at radius 3 is 2.61 bits per heavy atom. The van der Waals surface area contributed by atoms with Gasteiger partial charge in [-0.2, -0.15) is 5.10 Å². The lowest BCUT2D eigenvalue weighted by molar-refractivity contribution is 0.294. The molecular formula is C31H31N5O2. The summed E-state index contributed by atoms with van der Waals surface area (Å²) in [7, 11) is 3.32. The Morgan fingerprint density at radius 1 is 0.947 bits per heavy atom. The standard InChI is InChI=1S/C31H31N5O2/c1-37-28-11-10-24(17-29(28)38-2)30-25(21-36(34-30)19-22-7-4-3-5-8-22)20-35-15-12-23(13-16-35)27-18-33-31-26(27)9-6-14-32-31/h3-12,14,17-18,21H,13,15-16,19-20H2,1-2H3,(H,32,33). The Bertz CT molecular complexity index is 1580. The number of nitrogens with zero attached hydrogens (tertiary/aromatic N) is 4. The Kier molecular flexibility index (Phi) is 6.67. The van der Waals surface area contributed by atoms with E-state index < -0.39 is 0 Å². The monoisotopic (exact) mass is 505 g/mol. The maximum absolute atomic E-state index is 5.58. The molecule has 0 bridgehead atoms. The van der Waals surface area contributed by atoms with Crippen LogP contribution in [0.2, 0.25) is 0 Å². The van der Waals surface area contributed by atoms with Crippen LogP contribution >= 0.6 is 0 Å². The summed E-state index contributed by atoms with van der Waals surface area (Å²) in [5, 5.41) is 6.21. The van der Waals surface area contributed by atoms with Gasteiger partial charge in [0, 0.05) is 60.3 Å². The van der Waals surface area contributed by atoms with Crippen LogP contribution in [-0.2, 0) is 13.1 Å². The molecule has 0 saturated heterocycles. The van der Waals surface area contributed by atoms with Gasteiger partial charge in [-0.15, -0.1) is 0 Å². The van der Waals surface area contributed by atoms with Crippen molar-refractivity contribution in [1.82, 2.24) is 24.6 Å². The first kappa shape index (κ1) is 24.0. The average molecular weight is 506 g/mol. The van der Waals surface area contributed by atoms with E-state index in [1.807, 2.05) is 35.1 Å². The molecule has 0 atom stereocenters. The summed E-state index contributed by atoms with van der Waals surface area (Å²) in [6, 6.07) is 20.6. The number of aromatic nitrogens is 4. The van der Waals surface area contributed by atoms with Crippen molar-refractivity contribution in [3.05, 3.63) is 102 Å². The molecule has 2 aromatic carbocycles. The molecular weight excluding hydrogens is 474 g/mol. The third kappa shape index (κ3) is 4.80. The molecule has 0 fully saturated rings. The molecule has 0 radical (unpaired) electrons. The Morgan fingerprint density at radius 2 is 1.82 bits per heavy atom.